The molecular weight excluding hydrogens is 284 g/mol. The number of hydrogen-bond donors (Lipinski definition) is 3. The van der Waals surface area contributed by atoms with Crippen LogP contribution in [0.2, 0.25) is 0 Å². The van der Waals surface area contributed by atoms with E-state index < -0.39 is 22.4 Å². The smallest absolute Gasteiger partial charge is 0.332 e. The number of aliphatic hydroxyl groups is 1. The van der Waals surface area contributed by atoms with Gasteiger partial charge in [0.1, 0.15) is 5.52 Å². The van der Waals surface area contributed by atoms with Crippen LogP contribution in [-0.2, 0) is 5.72 Å². The Morgan fingerprint density at radius 1 is 1.36 bits per heavy atom. The van der Waals surface area contributed by atoms with E-state index in [0.29, 0.717) is 12.3 Å². The molecule has 7 nitrogen and oxygen atoms in total. The molecule has 2 aliphatic carbocycles. The lowest BCUT2D eigenvalue weighted by atomic mass is 9.67. The van der Waals surface area contributed by atoms with Crippen LogP contribution in [0.4, 0.5) is 0 Å². The van der Waals surface area contributed by atoms with Gasteiger partial charge < -0.3 is 10.1 Å². The highest BCUT2D eigenvalue weighted by Crippen LogP contribution is 2.70. The molecule has 0 spiro atoms. The van der Waals surface area contributed by atoms with Crippen molar-refractivity contribution >= 4 is 11.2 Å². The van der Waals surface area contributed by atoms with Crippen LogP contribution in [-0.4, -0.2) is 24.6 Å². The van der Waals surface area contributed by atoms with E-state index in [1.807, 2.05) is 6.92 Å². The second kappa shape index (κ2) is 3.71. The third-order valence-electron chi connectivity index (χ3n) is 6.70. The van der Waals surface area contributed by atoms with Crippen LogP contribution in [0.25, 0.3) is 11.2 Å². The number of hydrogen-bond acceptors (Lipinski definition) is 4. The fourth-order valence-corrected chi connectivity index (χ4v) is 4.83. The zero-order chi connectivity index (χ0) is 15.9. The number of nitrogens with zero attached hydrogens (tertiary/aromatic N) is 2. The van der Waals surface area contributed by atoms with Gasteiger partial charge in [0.05, 0.1) is 6.33 Å². The first-order valence-electron chi connectivity index (χ1n) is 7.64. The maximum Gasteiger partial charge on any atom is 0.332 e. The molecule has 0 amide bonds. The number of aromatic amines is 2. The zero-order valence-electron chi connectivity index (χ0n) is 12.9. The summed E-state index contributed by atoms with van der Waals surface area (Å²) in [6, 6.07) is 0. The van der Waals surface area contributed by atoms with Gasteiger partial charge in [-0.3, -0.25) is 9.78 Å². The molecule has 118 valence electrons. The van der Waals surface area contributed by atoms with E-state index >= 15 is 0 Å². The molecule has 2 saturated carbocycles. The molecule has 3 unspecified atom stereocenters. The monoisotopic (exact) mass is 304 g/mol. The van der Waals surface area contributed by atoms with E-state index in [1.54, 1.807) is 0 Å². The van der Waals surface area contributed by atoms with Gasteiger partial charge in [-0.05, 0) is 30.6 Å². The number of aromatic nitrogens is 4. The number of fused-ring (bicyclic) bond motifs is 3. The number of nitrogens with one attached hydrogen (secondary N) is 2. The van der Waals surface area contributed by atoms with Crippen molar-refractivity contribution in [1.29, 1.82) is 0 Å². The first-order valence-corrected chi connectivity index (χ1v) is 7.64. The van der Waals surface area contributed by atoms with Crippen molar-refractivity contribution in [1.82, 2.24) is 19.5 Å². The van der Waals surface area contributed by atoms with Crippen LogP contribution in [0.15, 0.2) is 15.9 Å². The topological polar surface area (TPSA) is 104 Å². The Bertz CT molecular complexity index is 892. The summed E-state index contributed by atoms with van der Waals surface area (Å²) in [4.78, 5) is 34.5. The summed E-state index contributed by atoms with van der Waals surface area (Å²) in [7, 11) is 0. The maximum atomic E-state index is 12.7. The summed E-state index contributed by atoms with van der Waals surface area (Å²) in [5.74, 6) is 0.297. The molecule has 2 aliphatic rings. The third-order valence-corrected chi connectivity index (χ3v) is 6.70. The SMILES string of the molecule is CC1(C)C2CCC1(C)C(O)(n1c(=O)[nH]c3nc[nH]c3c1=O)C2. The molecule has 2 fully saturated rings. The van der Waals surface area contributed by atoms with Crippen LogP contribution in [0.5, 0.6) is 0 Å². The zero-order valence-corrected chi connectivity index (χ0v) is 12.9. The van der Waals surface area contributed by atoms with E-state index in [9.17, 15) is 14.7 Å². The standard InChI is InChI=1S/C15H20N4O3/c1-13(2)8-4-5-14(13,3)15(22,6-8)19-11(20)9-10(17-7-16-9)18-12(19)21/h7-8,22H,4-6H2,1-3H3,(H,16,17)(H,18,21). The summed E-state index contributed by atoms with van der Waals surface area (Å²) in [6.45, 7) is 6.23. The van der Waals surface area contributed by atoms with Crippen molar-refractivity contribution in [3.63, 3.8) is 0 Å². The molecule has 3 atom stereocenters. The quantitative estimate of drug-likeness (QED) is 0.728. The second-order valence-electron chi connectivity index (χ2n) is 7.51. The molecule has 2 bridgehead atoms. The van der Waals surface area contributed by atoms with Crippen LogP contribution in [0, 0.1) is 16.7 Å². The minimum atomic E-state index is -1.47. The summed E-state index contributed by atoms with van der Waals surface area (Å²) < 4.78 is 1.01. The molecule has 7 heteroatoms. The average molecular weight is 304 g/mol. The van der Waals surface area contributed by atoms with Crippen LogP contribution < -0.4 is 11.2 Å². The number of H-pyrrole nitrogens is 2. The van der Waals surface area contributed by atoms with E-state index in [2.05, 4.69) is 28.8 Å². The molecule has 0 aliphatic heterocycles. The predicted octanol–water partition coefficient (Wildman–Crippen LogP) is 0.904. The Labute approximate surface area is 126 Å². The largest absolute Gasteiger partial charge is 0.370 e. The van der Waals surface area contributed by atoms with Gasteiger partial charge in [-0.1, -0.05) is 20.8 Å². The molecule has 2 aromatic heterocycles. The van der Waals surface area contributed by atoms with Gasteiger partial charge in [0.2, 0.25) is 0 Å². The molecule has 0 radical (unpaired) electrons. The lowest BCUT2D eigenvalue weighted by molar-refractivity contribution is -0.157. The van der Waals surface area contributed by atoms with Gasteiger partial charge in [-0.15, -0.1) is 0 Å². The summed E-state index contributed by atoms with van der Waals surface area (Å²) in [5, 5.41) is 11.4. The fraction of sp³-hybridized carbons (Fsp3) is 0.667. The lowest BCUT2D eigenvalue weighted by Crippen LogP contribution is -2.57. The third kappa shape index (κ3) is 1.25. The fourth-order valence-electron chi connectivity index (χ4n) is 4.83. The highest BCUT2D eigenvalue weighted by molar-refractivity contribution is 5.67. The highest BCUT2D eigenvalue weighted by Gasteiger charge is 2.70. The van der Waals surface area contributed by atoms with Crippen molar-refractivity contribution in [2.75, 3.05) is 0 Å². The summed E-state index contributed by atoms with van der Waals surface area (Å²) >= 11 is 0. The lowest BCUT2D eigenvalue weighted by Gasteiger charge is -2.45. The van der Waals surface area contributed by atoms with Crippen molar-refractivity contribution < 1.29 is 5.11 Å². The van der Waals surface area contributed by atoms with Crippen molar-refractivity contribution in [2.45, 2.75) is 45.8 Å². The second-order valence-corrected chi connectivity index (χ2v) is 7.51. The first kappa shape index (κ1) is 13.8. The highest BCUT2D eigenvalue weighted by atomic mass is 16.3. The molecule has 4 rings (SSSR count). The minimum Gasteiger partial charge on any atom is -0.370 e. The van der Waals surface area contributed by atoms with E-state index in [1.165, 1.54) is 6.33 Å². The Hall–Kier alpha value is -1.89. The Morgan fingerprint density at radius 3 is 2.68 bits per heavy atom. The van der Waals surface area contributed by atoms with Gasteiger partial charge in [0.15, 0.2) is 11.4 Å². The van der Waals surface area contributed by atoms with Gasteiger partial charge >= 0.3 is 5.69 Å². The number of imidazole rings is 1. The summed E-state index contributed by atoms with van der Waals surface area (Å²) in [6.07, 6.45) is 3.61. The molecular formula is C15H20N4O3. The molecule has 22 heavy (non-hydrogen) atoms. The molecule has 2 aromatic rings. The van der Waals surface area contributed by atoms with Gasteiger partial charge in [-0.2, -0.15) is 0 Å². The normalized spacial score (nSPS) is 36.3. The predicted molar refractivity (Wildman–Crippen MR) is 80.4 cm³/mol. The van der Waals surface area contributed by atoms with Crippen molar-refractivity contribution in [3.05, 3.63) is 27.2 Å². The van der Waals surface area contributed by atoms with Crippen molar-refractivity contribution in [3.8, 4) is 0 Å². The van der Waals surface area contributed by atoms with Gasteiger partial charge in [0, 0.05) is 5.41 Å². The Morgan fingerprint density at radius 2 is 2.09 bits per heavy atom. The summed E-state index contributed by atoms with van der Waals surface area (Å²) in [5.41, 5.74) is -2.78. The molecule has 0 saturated heterocycles. The number of rotatable bonds is 1. The van der Waals surface area contributed by atoms with Crippen molar-refractivity contribution in [2.24, 2.45) is 16.7 Å². The molecule has 0 aromatic carbocycles. The molecule has 2 heterocycles. The Balaban J connectivity index is 2.05. The van der Waals surface area contributed by atoms with Gasteiger partial charge in [0.25, 0.3) is 5.56 Å². The minimum absolute atomic E-state index is 0.128. The average Bonchev–Trinajstić information content (AvgIpc) is 3.01. The Kier molecular flexibility index (Phi) is 2.32. The van der Waals surface area contributed by atoms with Crippen LogP contribution in [0.3, 0.4) is 0 Å². The van der Waals surface area contributed by atoms with E-state index in [0.717, 1.165) is 17.4 Å². The van der Waals surface area contributed by atoms with E-state index in [4.69, 9.17) is 0 Å². The van der Waals surface area contributed by atoms with E-state index in [-0.39, 0.29) is 16.6 Å². The molecule has 3 N–H and O–H groups in total. The van der Waals surface area contributed by atoms with Crippen LogP contribution in [0.1, 0.15) is 40.0 Å². The van der Waals surface area contributed by atoms with Crippen LogP contribution >= 0.6 is 0 Å². The maximum absolute atomic E-state index is 12.7. The first-order chi connectivity index (χ1) is 10.2. The van der Waals surface area contributed by atoms with Gasteiger partial charge in [-0.25, -0.2) is 14.3 Å².